The lowest BCUT2D eigenvalue weighted by molar-refractivity contribution is -0.131. The number of nitrogens with zero attached hydrogens (tertiary/aromatic N) is 3. The van der Waals surface area contributed by atoms with E-state index in [-0.39, 0.29) is 12.0 Å². The third-order valence-electron chi connectivity index (χ3n) is 1.27. The Morgan fingerprint density at radius 2 is 1.43 bits per heavy atom. The summed E-state index contributed by atoms with van der Waals surface area (Å²) in [5.74, 6) is -1.50. The molecule has 1 aromatic rings. The van der Waals surface area contributed by atoms with Crippen LogP contribution in [-0.2, 0) is 9.59 Å². The van der Waals surface area contributed by atoms with Gasteiger partial charge in [0.2, 0.25) is 0 Å². The van der Waals surface area contributed by atoms with Gasteiger partial charge in [0.05, 0.1) is 0 Å². The lowest BCUT2D eigenvalue weighted by Gasteiger charge is -1.98. The Balaban J connectivity index is 2.43. The van der Waals surface area contributed by atoms with E-state index in [4.69, 9.17) is 0 Å². The van der Waals surface area contributed by atoms with E-state index in [9.17, 15) is 9.59 Å². The molecule has 0 unspecified atom stereocenters. The van der Waals surface area contributed by atoms with Gasteiger partial charge in [0.25, 0.3) is 0 Å². The van der Waals surface area contributed by atoms with E-state index < -0.39 is 11.9 Å². The SMILES string of the molecule is O=C1/C=C\C(=O)Oc2ncnc(n2)O1. The second-order valence-electron chi connectivity index (χ2n) is 2.23. The van der Waals surface area contributed by atoms with Crippen LogP contribution in [0, 0.1) is 0 Å². The number of ether oxygens (including phenoxy) is 2. The lowest BCUT2D eigenvalue weighted by Crippen LogP contribution is -2.06. The second kappa shape index (κ2) is 3.21. The molecule has 0 fully saturated rings. The summed E-state index contributed by atoms with van der Waals surface area (Å²) in [7, 11) is 0. The zero-order valence-electron chi connectivity index (χ0n) is 6.71. The van der Waals surface area contributed by atoms with Crippen LogP contribution in [0.5, 0.6) is 12.0 Å². The minimum Gasteiger partial charge on any atom is -0.387 e. The molecular formula is C7H3N3O4. The van der Waals surface area contributed by atoms with Gasteiger partial charge >= 0.3 is 24.0 Å². The minimum atomic E-state index is -0.749. The lowest BCUT2D eigenvalue weighted by atomic mass is 10.5. The highest BCUT2D eigenvalue weighted by Gasteiger charge is 2.12. The number of hydrogen-bond acceptors (Lipinski definition) is 7. The van der Waals surface area contributed by atoms with Crippen LogP contribution in [0.2, 0.25) is 0 Å². The summed E-state index contributed by atoms with van der Waals surface area (Å²) < 4.78 is 9.21. The average molecular weight is 193 g/mol. The van der Waals surface area contributed by atoms with Crippen molar-refractivity contribution in [3.8, 4) is 12.0 Å². The molecule has 0 radical (unpaired) electrons. The van der Waals surface area contributed by atoms with Gasteiger partial charge in [-0.25, -0.2) is 9.59 Å². The van der Waals surface area contributed by atoms with Crippen molar-refractivity contribution in [1.82, 2.24) is 15.0 Å². The Kier molecular flexibility index (Phi) is 1.90. The summed E-state index contributed by atoms with van der Waals surface area (Å²) in [5.41, 5.74) is 0. The van der Waals surface area contributed by atoms with Crippen LogP contribution < -0.4 is 9.47 Å². The van der Waals surface area contributed by atoms with Crippen molar-refractivity contribution in [3.05, 3.63) is 18.5 Å². The van der Waals surface area contributed by atoms with Crippen molar-refractivity contribution in [2.24, 2.45) is 0 Å². The van der Waals surface area contributed by atoms with Gasteiger partial charge in [0.15, 0.2) is 0 Å². The normalized spacial score (nSPS) is 17.1. The second-order valence-corrected chi connectivity index (χ2v) is 2.23. The quantitative estimate of drug-likeness (QED) is 0.500. The first-order chi connectivity index (χ1) is 6.74. The van der Waals surface area contributed by atoms with E-state index in [0.717, 1.165) is 18.5 Å². The highest BCUT2D eigenvalue weighted by molar-refractivity contribution is 5.93. The summed E-state index contributed by atoms with van der Waals surface area (Å²) in [6.45, 7) is 0. The topological polar surface area (TPSA) is 91.3 Å². The Labute approximate surface area is 77.4 Å². The van der Waals surface area contributed by atoms with Crippen LogP contribution in [-0.4, -0.2) is 26.9 Å². The maximum atomic E-state index is 10.9. The van der Waals surface area contributed by atoms with Crippen LogP contribution in [0.4, 0.5) is 0 Å². The molecule has 0 atom stereocenters. The highest BCUT2D eigenvalue weighted by Crippen LogP contribution is 2.08. The standard InChI is InChI=1S/C7H3N3O4/c11-4-1-2-5(12)14-7-9-3-8-6(10-7)13-4/h1-3H/b2-1-. The van der Waals surface area contributed by atoms with Crippen molar-refractivity contribution in [2.75, 3.05) is 0 Å². The number of carbonyl (C=O) groups excluding carboxylic acids is 2. The van der Waals surface area contributed by atoms with Gasteiger partial charge < -0.3 is 9.47 Å². The predicted octanol–water partition coefficient (Wildman–Crippen LogP) is -0.748. The number of carbonyl (C=O) groups is 2. The largest absolute Gasteiger partial charge is 0.387 e. The van der Waals surface area contributed by atoms with E-state index in [2.05, 4.69) is 24.4 Å². The highest BCUT2D eigenvalue weighted by atomic mass is 16.6. The van der Waals surface area contributed by atoms with Crippen LogP contribution in [0.1, 0.15) is 0 Å². The van der Waals surface area contributed by atoms with Gasteiger partial charge in [-0.2, -0.15) is 9.97 Å². The molecule has 0 saturated carbocycles. The van der Waals surface area contributed by atoms with Crippen molar-refractivity contribution in [3.63, 3.8) is 0 Å². The molecule has 1 aromatic heterocycles. The molecule has 0 spiro atoms. The first-order valence-electron chi connectivity index (χ1n) is 3.55. The molecule has 0 aliphatic carbocycles. The average Bonchev–Trinajstić information content (AvgIpc) is 2.18. The fourth-order valence-electron chi connectivity index (χ4n) is 0.750. The van der Waals surface area contributed by atoms with Crippen LogP contribution in [0.15, 0.2) is 18.5 Å². The third-order valence-corrected chi connectivity index (χ3v) is 1.27. The molecule has 1 aliphatic rings. The molecule has 0 N–H and O–H groups in total. The van der Waals surface area contributed by atoms with Crippen molar-refractivity contribution in [1.29, 1.82) is 0 Å². The smallest absolute Gasteiger partial charge is 0.338 e. The maximum absolute atomic E-state index is 10.9. The summed E-state index contributed by atoms with van der Waals surface area (Å²) in [6.07, 6.45) is 2.91. The molecule has 0 saturated heterocycles. The van der Waals surface area contributed by atoms with Gasteiger partial charge in [0, 0.05) is 12.2 Å². The fraction of sp³-hybridized carbons (Fsp3) is 0. The van der Waals surface area contributed by atoms with Crippen molar-refractivity contribution in [2.45, 2.75) is 0 Å². The number of esters is 2. The molecule has 7 heteroatoms. The molecule has 14 heavy (non-hydrogen) atoms. The summed E-state index contributed by atoms with van der Waals surface area (Å²) >= 11 is 0. The number of fused-ring (bicyclic) bond motifs is 2. The van der Waals surface area contributed by atoms with Crippen molar-refractivity contribution < 1.29 is 19.1 Å². The van der Waals surface area contributed by atoms with Crippen LogP contribution >= 0.6 is 0 Å². The van der Waals surface area contributed by atoms with Gasteiger partial charge in [0.1, 0.15) is 6.33 Å². The summed E-state index contributed by atoms with van der Waals surface area (Å²) in [5, 5.41) is 0. The molecule has 1 aliphatic heterocycles. The number of rotatable bonds is 0. The minimum absolute atomic E-state index is 0.209. The van der Waals surface area contributed by atoms with Crippen molar-refractivity contribution >= 4 is 11.9 Å². The molecule has 70 valence electrons. The van der Waals surface area contributed by atoms with E-state index in [1.165, 1.54) is 0 Å². The Hall–Kier alpha value is -2.31. The van der Waals surface area contributed by atoms with Gasteiger partial charge in [-0.05, 0) is 0 Å². The van der Waals surface area contributed by atoms with E-state index >= 15 is 0 Å². The first kappa shape index (κ1) is 8.30. The van der Waals surface area contributed by atoms with E-state index in [1.54, 1.807) is 0 Å². The number of hydrogen-bond donors (Lipinski definition) is 0. The molecular weight excluding hydrogens is 190 g/mol. The van der Waals surface area contributed by atoms with Gasteiger partial charge in [-0.15, -0.1) is 4.98 Å². The third kappa shape index (κ3) is 1.71. The zero-order valence-corrected chi connectivity index (χ0v) is 6.71. The van der Waals surface area contributed by atoms with Gasteiger partial charge in [-0.1, -0.05) is 0 Å². The van der Waals surface area contributed by atoms with Crippen LogP contribution in [0.3, 0.4) is 0 Å². The van der Waals surface area contributed by atoms with Crippen LogP contribution in [0.25, 0.3) is 0 Å². The van der Waals surface area contributed by atoms with E-state index in [0.29, 0.717) is 0 Å². The maximum Gasteiger partial charge on any atom is 0.338 e. The van der Waals surface area contributed by atoms with E-state index in [1.807, 2.05) is 0 Å². The molecule has 7 nitrogen and oxygen atoms in total. The summed E-state index contributed by atoms with van der Waals surface area (Å²) in [6, 6.07) is -0.418. The Morgan fingerprint density at radius 3 is 1.93 bits per heavy atom. The molecule has 2 bridgehead atoms. The van der Waals surface area contributed by atoms with Gasteiger partial charge in [-0.3, -0.25) is 0 Å². The molecule has 2 heterocycles. The number of aromatic nitrogens is 3. The summed E-state index contributed by atoms with van der Waals surface area (Å²) in [4.78, 5) is 32.5. The Bertz CT molecular complexity index is 393. The molecule has 0 aromatic carbocycles. The monoisotopic (exact) mass is 193 g/mol. The Morgan fingerprint density at radius 1 is 0.929 bits per heavy atom. The predicted molar refractivity (Wildman–Crippen MR) is 40.2 cm³/mol. The molecule has 0 amide bonds. The molecule has 2 rings (SSSR count). The zero-order chi connectivity index (χ0) is 9.97. The fourth-order valence-corrected chi connectivity index (χ4v) is 0.750. The first-order valence-corrected chi connectivity index (χ1v) is 3.55.